The Balaban J connectivity index is 2.64. The van der Waals surface area contributed by atoms with Crippen molar-refractivity contribution < 1.29 is 8.78 Å². The van der Waals surface area contributed by atoms with Crippen LogP contribution >= 0.6 is 0 Å². The molecule has 0 amide bonds. The van der Waals surface area contributed by atoms with Gasteiger partial charge in [-0.3, -0.25) is 9.80 Å². The second-order valence-corrected chi connectivity index (χ2v) is 5.96. The fourth-order valence-corrected chi connectivity index (χ4v) is 2.64. The fourth-order valence-electron chi connectivity index (χ4n) is 2.64. The van der Waals surface area contributed by atoms with Gasteiger partial charge < -0.3 is 0 Å². The maximum absolute atomic E-state index is 14.1. The number of alkyl halides is 2. The van der Waals surface area contributed by atoms with Crippen LogP contribution < -0.4 is 0 Å². The average molecular weight is 248 g/mol. The number of hydrogen-bond donors (Lipinski definition) is 0. The van der Waals surface area contributed by atoms with Crippen LogP contribution in [0.3, 0.4) is 0 Å². The molecular weight excluding hydrogens is 222 g/mol. The van der Waals surface area contributed by atoms with Gasteiger partial charge in [0.25, 0.3) is 5.92 Å². The second kappa shape index (κ2) is 5.61. The first-order valence-corrected chi connectivity index (χ1v) is 6.56. The topological polar surface area (TPSA) is 6.48 Å². The molecule has 2 nitrogen and oxygen atoms in total. The van der Waals surface area contributed by atoms with Crippen LogP contribution in [0.4, 0.5) is 8.78 Å². The Morgan fingerprint density at radius 3 is 2.29 bits per heavy atom. The van der Waals surface area contributed by atoms with Crippen molar-refractivity contribution in [3.8, 4) is 0 Å². The van der Waals surface area contributed by atoms with E-state index >= 15 is 0 Å². The molecule has 0 aromatic rings. The Labute approximate surface area is 104 Å². The quantitative estimate of drug-likeness (QED) is 0.755. The first-order valence-electron chi connectivity index (χ1n) is 6.56. The molecule has 0 bridgehead atoms. The summed E-state index contributed by atoms with van der Waals surface area (Å²) >= 11 is 0. The van der Waals surface area contributed by atoms with Gasteiger partial charge in [0.1, 0.15) is 0 Å². The lowest BCUT2D eigenvalue weighted by molar-refractivity contribution is -0.128. The van der Waals surface area contributed by atoms with Crippen LogP contribution in [0.15, 0.2) is 0 Å². The van der Waals surface area contributed by atoms with E-state index in [1.165, 1.54) is 0 Å². The number of piperidine rings is 1. The average Bonchev–Trinajstić information content (AvgIpc) is 2.14. The van der Waals surface area contributed by atoms with Gasteiger partial charge in [-0.1, -0.05) is 13.8 Å². The molecule has 4 heteroatoms. The first kappa shape index (κ1) is 14.8. The van der Waals surface area contributed by atoms with Crippen molar-refractivity contribution in [1.29, 1.82) is 0 Å². The largest absolute Gasteiger partial charge is 0.297 e. The van der Waals surface area contributed by atoms with Crippen molar-refractivity contribution >= 4 is 0 Å². The molecule has 1 heterocycles. The summed E-state index contributed by atoms with van der Waals surface area (Å²) in [6.07, 6.45) is 0.564. The van der Waals surface area contributed by atoms with Gasteiger partial charge in [0, 0.05) is 19.1 Å². The molecule has 0 saturated carbocycles. The van der Waals surface area contributed by atoms with Crippen molar-refractivity contribution in [1.82, 2.24) is 9.80 Å². The van der Waals surface area contributed by atoms with E-state index in [0.717, 1.165) is 13.1 Å². The summed E-state index contributed by atoms with van der Waals surface area (Å²) in [5.41, 5.74) is 0. The van der Waals surface area contributed by atoms with Crippen molar-refractivity contribution in [2.24, 2.45) is 5.92 Å². The first-order chi connectivity index (χ1) is 7.74. The zero-order chi connectivity index (χ0) is 13.2. The predicted octanol–water partition coefficient (Wildman–Crippen LogP) is 2.69. The van der Waals surface area contributed by atoms with Gasteiger partial charge in [-0.2, -0.15) is 0 Å². The smallest absolute Gasteiger partial charge is 0.275 e. The lowest BCUT2D eigenvalue weighted by Crippen LogP contribution is -2.59. The van der Waals surface area contributed by atoms with Gasteiger partial charge in [0.05, 0.1) is 12.6 Å². The van der Waals surface area contributed by atoms with E-state index in [-0.39, 0.29) is 12.6 Å². The third kappa shape index (κ3) is 3.88. The Hall–Kier alpha value is -0.220. The molecule has 0 aromatic carbocycles. The highest BCUT2D eigenvalue weighted by Gasteiger charge is 2.46. The predicted molar refractivity (Wildman–Crippen MR) is 67.5 cm³/mol. The Kier molecular flexibility index (Phi) is 4.90. The molecule has 1 rings (SSSR count). The molecule has 1 aliphatic rings. The van der Waals surface area contributed by atoms with Gasteiger partial charge in [-0.25, -0.2) is 8.78 Å². The molecule has 1 unspecified atom stereocenters. The normalized spacial score (nSPS) is 26.1. The Morgan fingerprint density at radius 2 is 1.88 bits per heavy atom. The molecule has 1 fully saturated rings. The minimum absolute atomic E-state index is 0.0994. The van der Waals surface area contributed by atoms with E-state index in [2.05, 4.69) is 13.8 Å². The van der Waals surface area contributed by atoms with Gasteiger partial charge in [-0.15, -0.1) is 0 Å². The molecule has 0 aromatic heterocycles. The molecule has 0 radical (unpaired) electrons. The molecule has 17 heavy (non-hydrogen) atoms. The summed E-state index contributed by atoms with van der Waals surface area (Å²) < 4.78 is 28.2. The van der Waals surface area contributed by atoms with Gasteiger partial charge in [-0.05, 0) is 33.2 Å². The van der Waals surface area contributed by atoms with Crippen LogP contribution in [0.1, 0.15) is 34.1 Å². The molecule has 0 aliphatic carbocycles. The standard InChI is InChI=1S/C13H26F2N2/c1-10(2)8-16(5)12-6-7-17(11(3)4)9-13(12,14)15/h10-12H,6-9H2,1-5H3. The van der Waals surface area contributed by atoms with Crippen molar-refractivity contribution in [2.45, 2.75) is 52.1 Å². The lowest BCUT2D eigenvalue weighted by atomic mass is 9.97. The molecule has 102 valence electrons. The summed E-state index contributed by atoms with van der Waals surface area (Å²) in [6.45, 7) is 9.51. The van der Waals surface area contributed by atoms with Gasteiger partial charge >= 0.3 is 0 Å². The van der Waals surface area contributed by atoms with E-state index < -0.39 is 12.0 Å². The highest BCUT2D eigenvalue weighted by Crippen LogP contribution is 2.31. The molecule has 1 atom stereocenters. The molecule has 1 aliphatic heterocycles. The lowest BCUT2D eigenvalue weighted by Gasteiger charge is -2.44. The monoisotopic (exact) mass is 248 g/mol. The van der Waals surface area contributed by atoms with Crippen LogP contribution in [-0.4, -0.2) is 54.5 Å². The van der Waals surface area contributed by atoms with Crippen LogP contribution in [0.5, 0.6) is 0 Å². The zero-order valence-corrected chi connectivity index (χ0v) is 11.7. The van der Waals surface area contributed by atoms with Gasteiger partial charge in [0.2, 0.25) is 0 Å². The zero-order valence-electron chi connectivity index (χ0n) is 11.7. The number of nitrogens with zero attached hydrogens (tertiary/aromatic N) is 2. The Bertz CT molecular complexity index is 242. The third-order valence-corrected chi connectivity index (χ3v) is 3.51. The minimum Gasteiger partial charge on any atom is -0.297 e. The van der Waals surface area contributed by atoms with Crippen LogP contribution in [0.2, 0.25) is 0 Å². The summed E-state index contributed by atoms with van der Waals surface area (Å²) in [6, 6.07) is -0.392. The molecule has 0 spiro atoms. The maximum atomic E-state index is 14.1. The highest BCUT2D eigenvalue weighted by molar-refractivity contribution is 4.93. The number of halogens is 2. The van der Waals surface area contributed by atoms with E-state index in [0.29, 0.717) is 12.3 Å². The molecule has 1 saturated heterocycles. The maximum Gasteiger partial charge on any atom is 0.275 e. The fraction of sp³-hybridized carbons (Fsp3) is 1.00. The van der Waals surface area contributed by atoms with Crippen LogP contribution in [0, 0.1) is 5.92 Å². The van der Waals surface area contributed by atoms with E-state index in [9.17, 15) is 8.78 Å². The van der Waals surface area contributed by atoms with E-state index in [1.807, 2.05) is 30.7 Å². The van der Waals surface area contributed by atoms with Crippen LogP contribution in [0.25, 0.3) is 0 Å². The molecular formula is C13H26F2N2. The third-order valence-electron chi connectivity index (χ3n) is 3.51. The van der Waals surface area contributed by atoms with Gasteiger partial charge in [0.15, 0.2) is 0 Å². The highest BCUT2D eigenvalue weighted by atomic mass is 19.3. The number of rotatable bonds is 4. The van der Waals surface area contributed by atoms with E-state index in [4.69, 9.17) is 0 Å². The molecule has 0 N–H and O–H groups in total. The summed E-state index contributed by atoms with van der Waals surface area (Å²) in [4.78, 5) is 3.71. The van der Waals surface area contributed by atoms with Crippen molar-refractivity contribution in [3.05, 3.63) is 0 Å². The second-order valence-electron chi connectivity index (χ2n) is 5.96. The Morgan fingerprint density at radius 1 is 1.29 bits per heavy atom. The number of likely N-dealkylation sites (tertiary alicyclic amines) is 1. The summed E-state index contributed by atoms with van der Waals surface area (Å²) in [5, 5.41) is 0. The van der Waals surface area contributed by atoms with Crippen LogP contribution in [-0.2, 0) is 0 Å². The SMILES string of the molecule is CC(C)CN(C)C1CCN(C(C)C)CC1(F)F. The minimum atomic E-state index is -2.59. The summed E-state index contributed by atoms with van der Waals surface area (Å²) in [7, 11) is 1.82. The van der Waals surface area contributed by atoms with E-state index in [1.54, 1.807) is 0 Å². The summed E-state index contributed by atoms with van der Waals surface area (Å²) in [5.74, 6) is -2.16. The van der Waals surface area contributed by atoms with Crippen molar-refractivity contribution in [2.75, 3.05) is 26.7 Å². The number of hydrogen-bond acceptors (Lipinski definition) is 2. The van der Waals surface area contributed by atoms with Crippen molar-refractivity contribution in [3.63, 3.8) is 0 Å².